The minimum absolute atomic E-state index is 0.000687. The third-order valence-corrected chi connectivity index (χ3v) is 5.39. The molecule has 0 aromatic heterocycles. The number of thioether (sulfide) groups is 1. The Labute approximate surface area is 124 Å². The molecule has 5 nitrogen and oxygen atoms in total. The average Bonchev–Trinajstić information content (AvgIpc) is 2.74. The summed E-state index contributed by atoms with van der Waals surface area (Å²) in [5.74, 6) is 1.52. The fourth-order valence-corrected chi connectivity index (χ4v) is 3.75. The number of hydrogen-bond acceptors (Lipinski definition) is 4. The summed E-state index contributed by atoms with van der Waals surface area (Å²) in [5, 5.41) is -0.165. The third kappa shape index (κ3) is 3.16. The Balaban J connectivity index is 1.87. The maximum absolute atomic E-state index is 12.1. The first-order valence-corrected chi connectivity index (χ1v) is 8.44. The Morgan fingerprint density at radius 1 is 1.35 bits per heavy atom. The maximum atomic E-state index is 12.1. The van der Waals surface area contributed by atoms with Crippen LogP contribution < -0.4 is 5.73 Å². The van der Waals surface area contributed by atoms with Gasteiger partial charge in [0, 0.05) is 25.9 Å². The van der Waals surface area contributed by atoms with E-state index < -0.39 is 0 Å². The molecule has 0 aromatic rings. The molecular weight excluding hydrogens is 274 g/mol. The van der Waals surface area contributed by atoms with Crippen molar-refractivity contribution >= 4 is 29.4 Å². The van der Waals surface area contributed by atoms with Crippen molar-refractivity contribution in [3.63, 3.8) is 0 Å². The summed E-state index contributed by atoms with van der Waals surface area (Å²) in [4.78, 5) is 29.5. The van der Waals surface area contributed by atoms with E-state index in [1.165, 1.54) is 16.7 Å². The van der Waals surface area contributed by atoms with E-state index in [0.717, 1.165) is 31.5 Å². The number of imide groups is 1. The monoisotopic (exact) mass is 297 g/mol. The van der Waals surface area contributed by atoms with Crippen LogP contribution in [-0.4, -0.2) is 47.6 Å². The van der Waals surface area contributed by atoms with Crippen molar-refractivity contribution in [3.05, 3.63) is 0 Å². The van der Waals surface area contributed by atoms with Gasteiger partial charge in [-0.1, -0.05) is 0 Å². The summed E-state index contributed by atoms with van der Waals surface area (Å²) in [7, 11) is 1.73. The summed E-state index contributed by atoms with van der Waals surface area (Å²) < 4.78 is 0. The standard InChI is InChI=1S/C14H23N3O2S/c1-16-13(15)10-5-3-9(4-6-10)8-17-12(18)7-11(20-2)14(17)19/h9-11H,3-8H2,1-2H3,(H2,15,16). The number of carbonyl (C=O) groups excluding carboxylic acids is 2. The second kappa shape index (κ2) is 6.61. The molecule has 1 heterocycles. The fourth-order valence-electron chi connectivity index (χ4n) is 3.11. The van der Waals surface area contributed by atoms with Gasteiger partial charge >= 0.3 is 0 Å². The quantitative estimate of drug-likeness (QED) is 0.482. The predicted octanol–water partition coefficient (Wildman–Crippen LogP) is 1.27. The number of hydrogen-bond donors (Lipinski definition) is 1. The van der Waals surface area contributed by atoms with Gasteiger partial charge in [0.2, 0.25) is 11.8 Å². The van der Waals surface area contributed by atoms with E-state index in [-0.39, 0.29) is 17.1 Å². The van der Waals surface area contributed by atoms with Crippen LogP contribution in [0.25, 0.3) is 0 Å². The molecule has 1 saturated carbocycles. The topological polar surface area (TPSA) is 75.8 Å². The highest BCUT2D eigenvalue weighted by Crippen LogP contribution is 2.31. The number of nitrogens with zero attached hydrogens (tertiary/aromatic N) is 2. The molecule has 2 amide bonds. The number of amidine groups is 1. The highest BCUT2D eigenvalue weighted by molar-refractivity contribution is 8.00. The van der Waals surface area contributed by atoms with Crippen LogP contribution in [0.3, 0.4) is 0 Å². The molecule has 1 aliphatic carbocycles. The van der Waals surface area contributed by atoms with Gasteiger partial charge in [-0.2, -0.15) is 11.8 Å². The van der Waals surface area contributed by atoms with E-state index >= 15 is 0 Å². The van der Waals surface area contributed by atoms with Crippen molar-refractivity contribution in [1.82, 2.24) is 4.90 Å². The first-order chi connectivity index (χ1) is 9.56. The lowest BCUT2D eigenvalue weighted by Crippen LogP contribution is -2.38. The van der Waals surface area contributed by atoms with E-state index in [9.17, 15) is 9.59 Å². The van der Waals surface area contributed by atoms with E-state index in [4.69, 9.17) is 5.73 Å². The van der Waals surface area contributed by atoms with Gasteiger partial charge in [0.1, 0.15) is 0 Å². The van der Waals surface area contributed by atoms with Gasteiger partial charge in [0.25, 0.3) is 0 Å². The molecule has 2 rings (SSSR count). The van der Waals surface area contributed by atoms with E-state index in [1.54, 1.807) is 7.05 Å². The summed E-state index contributed by atoms with van der Waals surface area (Å²) in [6, 6.07) is 0. The molecular formula is C14H23N3O2S. The first-order valence-electron chi connectivity index (χ1n) is 7.16. The van der Waals surface area contributed by atoms with E-state index in [0.29, 0.717) is 24.8 Å². The van der Waals surface area contributed by atoms with Crippen molar-refractivity contribution in [2.75, 3.05) is 19.8 Å². The minimum Gasteiger partial charge on any atom is -0.387 e. The number of carbonyl (C=O) groups is 2. The zero-order valence-corrected chi connectivity index (χ0v) is 13.0. The third-order valence-electron chi connectivity index (χ3n) is 4.45. The summed E-state index contributed by atoms with van der Waals surface area (Å²) >= 11 is 1.47. The minimum atomic E-state index is -0.165. The van der Waals surface area contributed by atoms with Crippen molar-refractivity contribution in [1.29, 1.82) is 0 Å². The molecule has 0 aromatic carbocycles. The highest BCUT2D eigenvalue weighted by atomic mass is 32.2. The number of amides is 2. The van der Waals surface area contributed by atoms with Crippen LogP contribution >= 0.6 is 11.8 Å². The van der Waals surface area contributed by atoms with Crippen LogP contribution in [0.5, 0.6) is 0 Å². The van der Waals surface area contributed by atoms with Crippen LogP contribution in [0.2, 0.25) is 0 Å². The Hall–Kier alpha value is -1.04. The average molecular weight is 297 g/mol. The second-order valence-corrected chi connectivity index (χ2v) is 6.68. The zero-order valence-electron chi connectivity index (χ0n) is 12.2. The van der Waals surface area contributed by atoms with Gasteiger partial charge < -0.3 is 5.73 Å². The van der Waals surface area contributed by atoms with Crippen molar-refractivity contribution in [2.45, 2.75) is 37.4 Å². The Morgan fingerprint density at radius 2 is 2.00 bits per heavy atom. The molecule has 0 radical (unpaired) electrons. The molecule has 2 aliphatic rings. The lowest BCUT2D eigenvalue weighted by atomic mass is 9.81. The Morgan fingerprint density at radius 3 is 2.50 bits per heavy atom. The normalized spacial score (nSPS) is 32.0. The van der Waals surface area contributed by atoms with E-state index in [1.807, 2.05) is 6.26 Å². The largest absolute Gasteiger partial charge is 0.387 e. The molecule has 112 valence electrons. The molecule has 1 aliphatic heterocycles. The van der Waals surface area contributed by atoms with Gasteiger partial charge in [0.15, 0.2) is 0 Å². The number of likely N-dealkylation sites (tertiary alicyclic amines) is 1. The zero-order chi connectivity index (χ0) is 14.7. The van der Waals surface area contributed by atoms with Crippen LogP contribution in [0.15, 0.2) is 4.99 Å². The van der Waals surface area contributed by atoms with Gasteiger partial charge in [-0.15, -0.1) is 0 Å². The molecule has 2 N–H and O–H groups in total. The maximum Gasteiger partial charge on any atom is 0.242 e. The molecule has 0 spiro atoms. The molecule has 1 atom stereocenters. The number of nitrogens with two attached hydrogens (primary N) is 1. The number of aliphatic imine (C=N–C) groups is 1. The second-order valence-electron chi connectivity index (χ2n) is 5.64. The van der Waals surface area contributed by atoms with Crippen molar-refractivity contribution in [3.8, 4) is 0 Å². The van der Waals surface area contributed by atoms with Crippen LogP contribution in [0, 0.1) is 11.8 Å². The van der Waals surface area contributed by atoms with Crippen LogP contribution in [-0.2, 0) is 9.59 Å². The van der Waals surface area contributed by atoms with Crippen molar-refractivity contribution < 1.29 is 9.59 Å². The molecule has 0 bridgehead atoms. The lowest BCUT2D eigenvalue weighted by molar-refractivity contribution is -0.139. The van der Waals surface area contributed by atoms with Crippen LogP contribution in [0.4, 0.5) is 0 Å². The Kier molecular flexibility index (Phi) is 5.07. The summed E-state index contributed by atoms with van der Waals surface area (Å²) in [6.07, 6.45) is 6.30. The summed E-state index contributed by atoms with van der Waals surface area (Å²) in [5.41, 5.74) is 5.87. The van der Waals surface area contributed by atoms with Gasteiger partial charge in [-0.25, -0.2) is 0 Å². The molecule has 6 heteroatoms. The SMILES string of the molecule is CN=C(N)C1CCC(CN2C(=O)CC(SC)C2=O)CC1. The Bertz CT molecular complexity index is 417. The molecule has 1 saturated heterocycles. The molecule has 1 unspecified atom stereocenters. The van der Waals surface area contributed by atoms with Gasteiger partial charge in [-0.3, -0.25) is 19.5 Å². The summed E-state index contributed by atoms with van der Waals surface area (Å²) in [6.45, 7) is 0.588. The van der Waals surface area contributed by atoms with E-state index in [2.05, 4.69) is 4.99 Å². The fraction of sp³-hybridized carbons (Fsp3) is 0.786. The lowest BCUT2D eigenvalue weighted by Gasteiger charge is -2.30. The van der Waals surface area contributed by atoms with Gasteiger partial charge in [-0.05, 0) is 37.9 Å². The predicted molar refractivity (Wildman–Crippen MR) is 81.6 cm³/mol. The highest BCUT2D eigenvalue weighted by Gasteiger charge is 2.39. The van der Waals surface area contributed by atoms with Gasteiger partial charge in [0.05, 0.1) is 11.1 Å². The van der Waals surface area contributed by atoms with Crippen LogP contribution in [0.1, 0.15) is 32.1 Å². The molecule has 20 heavy (non-hydrogen) atoms. The first kappa shape index (κ1) is 15.4. The number of rotatable bonds is 4. The smallest absolute Gasteiger partial charge is 0.242 e. The van der Waals surface area contributed by atoms with Crippen molar-refractivity contribution in [2.24, 2.45) is 22.6 Å². The molecule has 2 fully saturated rings.